The molecule has 1 aliphatic heterocycles. The van der Waals surface area contributed by atoms with Crippen molar-refractivity contribution in [3.05, 3.63) is 108 Å². The molecule has 6 rings (SSSR count). The van der Waals surface area contributed by atoms with Gasteiger partial charge in [-0.15, -0.1) is 0 Å². The third kappa shape index (κ3) is 22.7. The van der Waals surface area contributed by atoms with Crippen LogP contribution >= 0.6 is 11.8 Å². The molecule has 478 valence electrons. The van der Waals surface area contributed by atoms with Crippen LogP contribution in [0.15, 0.2) is 101 Å². The van der Waals surface area contributed by atoms with Crippen LogP contribution in [0.25, 0.3) is 0 Å². The summed E-state index contributed by atoms with van der Waals surface area (Å²) < 4.78 is 59.3. The largest absolute Gasteiger partial charge is 0.465 e. The molecule has 3 aliphatic rings. The number of fused-ring (bicyclic) bond motifs is 1. The average Bonchev–Trinajstić information content (AvgIpc) is 1.79. The molecule has 25 heteroatoms. The molecule has 0 spiro atoms. The van der Waals surface area contributed by atoms with Gasteiger partial charge in [-0.25, -0.2) is 9.59 Å². The van der Waals surface area contributed by atoms with Crippen molar-refractivity contribution in [1.82, 2.24) is 0 Å². The number of nitrogens with one attached hydrogen (secondary N) is 1. The lowest BCUT2D eigenvalue weighted by Gasteiger charge is -2.26. The number of allylic oxidation sites excluding steroid dienone is 1. The van der Waals surface area contributed by atoms with Gasteiger partial charge in [0.15, 0.2) is 11.3 Å². The summed E-state index contributed by atoms with van der Waals surface area (Å²) in [6.07, 6.45) is 3.02. The molecule has 90 heavy (non-hydrogen) atoms. The quantitative estimate of drug-likeness (QED) is 0.0207. The van der Waals surface area contributed by atoms with Gasteiger partial charge in [-0.3, -0.25) is 38.4 Å². The number of rotatable bonds is 31. The van der Waals surface area contributed by atoms with Gasteiger partial charge >= 0.3 is 59.7 Å². The highest BCUT2D eigenvalue weighted by Gasteiger charge is 2.37. The Bertz CT molecular complexity index is 3210. The molecule has 3 aromatic carbocycles. The first kappa shape index (κ1) is 69.8. The van der Waals surface area contributed by atoms with Gasteiger partial charge in [-0.2, -0.15) is 10.5 Å². The number of hydrogen-bond donors (Lipinski definition) is 1. The molecule has 2 saturated carbocycles. The summed E-state index contributed by atoms with van der Waals surface area (Å²) in [5, 5.41) is 22.5. The van der Waals surface area contributed by atoms with E-state index in [0.717, 1.165) is 35.0 Å². The van der Waals surface area contributed by atoms with Crippen molar-refractivity contribution in [3.8, 4) is 35.1 Å². The van der Waals surface area contributed by atoms with E-state index in [1.54, 1.807) is 69.3 Å². The smallest absolute Gasteiger partial charge is 0.330 e. The van der Waals surface area contributed by atoms with Crippen LogP contribution in [0.2, 0.25) is 0 Å². The van der Waals surface area contributed by atoms with Crippen molar-refractivity contribution in [1.29, 1.82) is 10.5 Å². The molecular formula is C65H71N3O21S. The molecule has 0 amide bonds. The third-order valence-electron chi connectivity index (χ3n) is 14.4. The summed E-state index contributed by atoms with van der Waals surface area (Å²) in [5.41, 5.74) is 1.58. The van der Waals surface area contributed by atoms with Crippen LogP contribution in [0.1, 0.15) is 109 Å². The lowest BCUT2D eigenvalue weighted by atomic mass is 9.82. The molecule has 24 nitrogen and oxygen atoms in total. The Morgan fingerprint density at radius 1 is 0.511 bits per heavy atom. The normalized spacial score (nSPS) is 17.4. The first-order chi connectivity index (χ1) is 43.2. The number of thioether (sulfide) groups is 1. The van der Waals surface area contributed by atoms with Gasteiger partial charge in [0, 0.05) is 25.0 Å². The lowest BCUT2D eigenvalue weighted by Crippen LogP contribution is -2.30. The molecular weight excluding hydrogens is 1190 g/mol. The second-order valence-electron chi connectivity index (χ2n) is 21.3. The van der Waals surface area contributed by atoms with Crippen molar-refractivity contribution in [3.63, 3.8) is 0 Å². The van der Waals surface area contributed by atoms with E-state index in [1.165, 1.54) is 12.1 Å². The summed E-state index contributed by atoms with van der Waals surface area (Å²) in [4.78, 5) is 125. The second kappa shape index (κ2) is 35.6. The van der Waals surface area contributed by atoms with Crippen LogP contribution in [0.5, 0.6) is 23.0 Å². The summed E-state index contributed by atoms with van der Waals surface area (Å²) in [5.74, 6) is -6.97. The van der Waals surface area contributed by atoms with Crippen molar-refractivity contribution in [2.75, 3.05) is 38.4 Å². The molecule has 2 aliphatic carbocycles. The Balaban J connectivity index is 0.884. The molecule has 3 aromatic rings. The Hall–Kier alpha value is -9.33. The van der Waals surface area contributed by atoms with Gasteiger partial charge in [0.1, 0.15) is 65.5 Å². The Labute approximate surface area is 524 Å². The predicted octanol–water partition coefficient (Wildman–Crippen LogP) is 8.56. The Kier molecular flexibility index (Phi) is 27.6. The van der Waals surface area contributed by atoms with E-state index in [9.17, 15) is 58.5 Å². The standard InChI is InChI=1S/C65H71N3O21S/c1-6-53(69)84-40(4)37-81-39(3)36-82-57(73)28-26-55(71)79-32-30-42-8-20-49(21-9-42)86-62(75)44-12-16-46(17-13-44)64(77)88-51-24-25-52(60-59(51)68-61(90-60)48(34-66)35-67)89-65(78)47-18-14-45(15-19-47)63(76)87-50-22-10-43(11-23-50)31-33-80-56(72)27-29-58(74)83-38-41(5)85-54(70)7-2/h6-11,20-25,39-41,44-47,68H,1-2,12-19,26-33,36-38H2,3-5H3. The number of ether oxygens (including phenoxy) is 11. The molecule has 0 bridgehead atoms. The minimum absolute atomic E-state index is 0.0454. The van der Waals surface area contributed by atoms with Crippen molar-refractivity contribution < 1.29 is 100 Å². The molecule has 0 saturated heterocycles. The average molecular weight is 1260 g/mol. The topological polar surface area (TPSA) is 332 Å². The van der Waals surface area contributed by atoms with Crippen molar-refractivity contribution in [2.24, 2.45) is 23.7 Å². The zero-order valence-corrected chi connectivity index (χ0v) is 51.0. The SMILES string of the molecule is C=CC(=O)OC(C)COC(=O)CCC(=O)OCCc1ccc(OC(=O)C2CCC(C(=O)Oc3ccc(OC(=O)C4CCC(C(=O)Oc5ccc(CCOC(=O)CCC(=O)OCC(C)OCC(C)OC(=O)C=C)cc5)CC4)c4c3SC(=C(C#N)C#N)N4)CC2)cc1. The first-order valence-corrected chi connectivity index (χ1v) is 30.2. The summed E-state index contributed by atoms with van der Waals surface area (Å²) in [6, 6.07) is 20.0. The van der Waals surface area contributed by atoms with E-state index in [4.69, 9.17) is 52.1 Å². The van der Waals surface area contributed by atoms with Crippen molar-refractivity contribution >= 4 is 77.1 Å². The van der Waals surface area contributed by atoms with Crippen molar-refractivity contribution in [2.45, 2.75) is 134 Å². The molecule has 3 atom stereocenters. The Morgan fingerprint density at radius 2 is 0.878 bits per heavy atom. The second-order valence-corrected chi connectivity index (χ2v) is 22.4. The summed E-state index contributed by atoms with van der Waals surface area (Å²) in [6.45, 7) is 11.5. The zero-order chi connectivity index (χ0) is 65.1. The molecule has 0 aromatic heterocycles. The van der Waals surface area contributed by atoms with E-state index < -0.39 is 102 Å². The fourth-order valence-electron chi connectivity index (χ4n) is 9.36. The van der Waals surface area contributed by atoms with Crippen LogP contribution < -0.4 is 24.3 Å². The van der Waals surface area contributed by atoms with E-state index in [1.807, 2.05) is 12.1 Å². The van der Waals surface area contributed by atoms with Gasteiger partial charge in [0.2, 0.25) is 0 Å². The number of nitriles is 2. The van der Waals surface area contributed by atoms with Gasteiger partial charge < -0.3 is 57.4 Å². The molecule has 1 N–H and O–H groups in total. The van der Waals surface area contributed by atoms with E-state index in [0.29, 0.717) is 80.6 Å². The maximum atomic E-state index is 13.7. The number of benzene rings is 3. The van der Waals surface area contributed by atoms with Gasteiger partial charge in [0.05, 0.1) is 80.2 Å². The van der Waals surface area contributed by atoms with Gasteiger partial charge in [-0.05, 0) is 120 Å². The van der Waals surface area contributed by atoms with E-state index in [-0.39, 0.29) is 86.5 Å². The number of nitrogens with zero attached hydrogens (tertiary/aromatic N) is 2. The van der Waals surface area contributed by atoms with Gasteiger partial charge in [-0.1, -0.05) is 49.2 Å². The Morgan fingerprint density at radius 3 is 1.29 bits per heavy atom. The summed E-state index contributed by atoms with van der Waals surface area (Å²) >= 11 is 0.972. The number of anilines is 1. The monoisotopic (exact) mass is 1260 g/mol. The molecule has 2 fully saturated rings. The highest BCUT2D eigenvalue weighted by molar-refractivity contribution is 8.03. The van der Waals surface area contributed by atoms with Crippen LogP contribution in [-0.2, 0) is 93.9 Å². The lowest BCUT2D eigenvalue weighted by molar-refractivity contribution is -0.156. The minimum atomic E-state index is -0.676. The highest BCUT2D eigenvalue weighted by atomic mass is 32.2. The third-order valence-corrected chi connectivity index (χ3v) is 15.5. The molecule has 0 radical (unpaired) electrons. The number of carbonyl (C=O) groups is 10. The molecule has 1 heterocycles. The predicted molar refractivity (Wildman–Crippen MR) is 317 cm³/mol. The first-order valence-electron chi connectivity index (χ1n) is 29.4. The van der Waals surface area contributed by atoms with Crippen LogP contribution in [0.3, 0.4) is 0 Å². The maximum absolute atomic E-state index is 13.7. The van der Waals surface area contributed by atoms with Crippen LogP contribution in [0.4, 0.5) is 5.69 Å². The minimum Gasteiger partial charge on any atom is -0.465 e. The highest BCUT2D eigenvalue weighted by Crippen LogP contribution is 2.52. The number of esters is 10. The summed E-state index contributed by atoms with van der Waals surface area (Å²) in [7, 11) is 0. The fraction of sp³-hybridized carbons (Fsp3) is 0.446. The fourth-order valence-corrected chi connectivity index (χ4v) is 10.4. The zero-order valence-electron chi connectivity index (χ0n) is 50.2. The van der Waals surface area contributed by atoms with Crippen LogP contribution in [0, 0.1) is 46.3 Å². The van der Waals surface area contributed by atoms with Crippen LogP contribution in [-0.4, -0.2) is 111 Å². The molecule has 3 unspecified atom stereocenters. The van der Waals surface area contributed by atoms with E-state index >= 15 is 0 Å². The number of hydrogen-bond acceptors (Lipinski definition) is 25. The van der Waals surface area contributed by atoms with E-state index in [2.05, 4.69) is 18.5 Å². The van der Waals surface area contributed by atoms with Gasteiger partial charge in [0.25, 0.3) is 0 Å². The maximum Gasteiger partial charge on any atom is 0.330 e. The number of carbonyl (C=O) groups excluding carboxylic acids is 10.